The first kappa shape index (κ1) is 16.5. The molecule has 1 fully saturated rings. The second-order valence-corrected chi connectivity index (χ2v) is 6.66. The van der Waals surface area contributed by atoms with Crippen molar-refractivity contribution in [1.29, 1.82) is 0 Å². The highest BCUT2D eigenvalue weighted by Crippen LogP contribution is 2.36. The van der Waals surface area contributed by atoms with Crippen molar-refractivity contribution in [2.45, 2.75) is 19.4 Å². The maximum Gasteiger partial charge on any atom is 0.224 e. The molecule has 1 saturated carbocycles. The largest absolute Gasteiger partial charge is 0.385 e. The molecule has 0 radical (unpaired) electrons. The van der Waals surface area contributed by atoms with Gasteiger partial charge in [0, 0.05) is 12.7 Å². The summed E-state index contributed by atoms with van der Waals surface area (Å²) in [5.74, 6) is 2.28. The van der Waals surface area contributed by atoms with E-state index < -0.39 is 0 Å². The predicted molar refractivity (Wildman–Crippen MR) is 101 cm³/mol. The lowest BCUT2D eigenvalue weighted by Gasteiger charge is -2.11. The van der Waals surface area contributed by atoms with Crippen molar-refractivity contribution in [2.24, 2.45) is 11.7 Å². The number of benzene rings is 1. The molecule has 0 spiro atoms. The van der Waals surface area contributed by atoms with Crippen LogP contribution in [0.15, 0.2) is 65.1 Å². The highest BCUT2D eigenvalue weighted by molar-refractivity contribution is 9.10. The summed E-state index contributed by atoms with van der Waals surface area (Å²) in [6, 6.07) is 10.1. The van der Waals surface area contributed by atoms with Gasteiger partial charge in [0.15, 0.2) is 5.82 Å². The van der Waals surface area contributed by atoms with E-state index >= 15 is 0 Å². The van der Waals surface area contributed by atoms with Crippen LogP contribution in [0, 0.1) is 5.92 Å². The zero-order valence-electron chi connectivity index (χ0n) is 13.3. The van der Waals surface area contributed by atoms with Crippen LogP contribution in [0.1, 0.15) is 18.4 Å². The summed E-state index contributed by atoms with van der Waals surface area (Å²) >= 11 is 3.44. The first-order valence-electron chi connectivity index (χ1n) is 7.85. The molecular weight excluding hydrogens is 366 g/mol. The molecule has 0 saturated heterocycles. The topological polar surface area (TPSA) is 75.9 Å². The molecule has 124 valence electrons. The molecule has 0 atom stereocenters. The summed E-state index contributed by atoms with van der Waals surface area (Å²) in [6.45, 7) is 4.71. The Bertz CT molecular complexity index is 753. The van der Waals surface area contributed by atoms with Gasteiger partial charge in [0.05, 0.1) is 4.47 Å². The van der Waals surface area contributed by atoms with Gasteiger partial charge >= 0.3 is 0 Å². The summed E-state index contributed by atoms with van der Waals surface area (Å²) in [5.41, 5.74) is 8.27. The lowest BCUT2D eigenvalue weighted by Crippen LogP contribution is -2.12. The van der Waals surface area contributed by atoms with Gasteiger partial charge in [-0.1, -0.05) is 36.9 Å². The highest BCUT2D eigenvalue weighted by Gasteiger charge is 2.23. The first-order chi connectivity index (χ1) is 11.6. The molecule has 1 aromatic heterocycles. The highest BCUT2D eigenvalue weighted by atomic mass is 79.9. The number of nitrogens with one attached hydrogen (secondary N) is 2. The number of aromatic nitrogens is 2. The fourth-order valence-electron chi connectivity index (χ4n) is 2.26. The molecule has 0 unspecified atom stereocenters. The summed E-state index contributed by atoms with van der Waals surface area (Å²) in [5, 5.41) is 6.31. The third kappa shape index (κ3) is 4.58. The van der Waals surface area contributed by atoms with Crippen molar-refractivity contribution in [3.8, 4) is 0 Å². The van der Waals surface area contributed by atoms with Gasteiger partial charge in [0.2, 0.25) is 5.95 Å². The number of allylic oxidation sites excluding steroid dienone is 2. The zero-order valence-corrected chi connectivity index (χ0v) is 14.9. The van der Waals surface area contributed by atoms with Crippen LogP contribution >= 0.6 is 15.9 Å². The molecule has 1 aliphatic rings. The molecule has 24 heavy (non-hydrogen) atoms. The maximum absolute atomic E-state index is 6.04. The van der Waals surface area contributed by atoms with Crippen LogP contribution in [-0.2, 0) is 6.54 Å². The molecule has 1 heterocycles. The van der Waals surface area contributed by atoms with Crippen molar-refractivity contribution in [3.63, 3.8) is 0 Å². The molecule has 0 bridgehead atoms. The first-order valence-corrected chi connectivity index (χ1v) is 8.64. The SMILES string of the molecule is C=C(/C=C(\N)Nc1nc(NCc2ccccc2)ncc1Br)C1CC1. The summed E-state index contributed by atoms with van der Waals surface area (Å²) in [6.07, 6.45) is 5.98. The van der Waals surface area contributed by atoms with Crippen LogP contribution < -0.4 is 16.4 Å². The Labute approximate surface area is 150 Å². The molecule has 1 aromatic carbocycles. The van der Waals surface area contributed by atoms with E-state index in [1.165, 1.54) is 18.4 Å². The number of hydrogen-bond acceptors (Lipinski definition) is 5. The molecule has 2 aromatic rings. The minimum Gasteiger partial charge on any atom is -0.385 e. The van der Waals surface area contributed by atoms with E-state index in [9.17, 15) is 0 Å². The molecule has 1 aliphatic carbocycles. The number of anilines is 2. The van der Waals surface area contributed by atoms with E-state index in [1.807, 2.05) is 24.3 Å². The Morgan fingerprint density at radius 2 is 2.08 bits per heavy atom. The van der Waals surface area contributed by atoms with Gasteiger partial charge < -0.3 is 16.4 Å². The Morgan fingerprint density at radius 1 is 1.33 bits per heavy atom. The molecule has 4 N–H and O–H groups in total. The third-order valence-electron chi connectivity index (χ3n) is 3.74. The van der Waals surface area contributed by atoms with Crippen molar-refractivity contribution >= 4 is 27.7 Å². The molecular formula is C18H20BrN5. The Balaban J connectivity index is 1.65. The van der Waals surface area contributed by atoms with Gasteiger partial charge in [-0.05, 0) is 51.9 Å². The van der Waals surface area contributed by atoms with Gasteiger partial charge in [-0.2, -0.15) is 4.98 Å². The molecule has 0 amide bonds. The minimum atomic E-state index is 0.528. The summed E-state index contributed by atoms with van der Waals surface area (Å²) in [7, 11) is 0. The van der Waals surface area contributed by atoms with E-state index in [0.29, 0.717) is 30.0 Å². The fraction of sp³-hybridized carbons (Fsp3) is 0.222. The second-order valence-electron chi connectivity index (χ2n) is 5.80. The number of rotatable bonds is 7. The Hall–Kier alpha value is -2.34. The number of halogens is 1. The summed E-state index contributed by atoms with van der Waals surface area (Å²) in [4.78, 5) is 8.74. The smallest absolute Gasteiger partial charge is 0.224 e. The van der Waals surface area contributed by atoms with Crippen LogP contribution in [0.4, 0.5) is 11.8 Å². The molecule has 0 aliphatic heterocycles. The predicted octanol–water partition coefficient (Wildman–Crippen LogP) is 4.03. The normalized spacial score (nSPS) is 14.3. The van der Waals surface area contributed by atoms with Crippen molar-refractivity contribution in [3.05, 3.63) is 70.6 Å². The van der Waals surface area contributed by atoms with Crippen LogP contribution in [-0.4, -0.2) is 9.97 Å². The van der Waals surface area contributed by atoms with Gasteiger partial charge in [-0.25, -0.2) is 4.98 Å². The van der Waals surface area contributed by atoms with Gasteiger partial charge in [0.1, 0.15) is 5.82 Å². The van der Waals surface area contributed by atoms with Crippen LogP contribution in [0.3, 0.4) is 0 Å². The lowest BCUT2D eigenvalue weighted by atomic mass is 10.2. The average Bonchev–Trinajstić information content (AvgIpc) is 3.41. The standard InChI is InChI=1S/C18H20BrN5/c1-12(14-7-8-14)9-16(20)23-17-15(19)11-22-18(24-17)21-10-13-5-3-2-4-6-13/h2-6,9,11,14H,1,7-8,10,20H2,(H2,21,22,23,24)/b16-9+. The Kier molecular flexibility index (Phi) is 5.15. The van der Waals surface area contributed by atoms with E-state index in [1.54, 1.807) is 6.20 Å². The minimum absolute atomic E-state index is 0.528. The van der Waals surface area contributed by atoms with Crippen molar-refractivity contribution in [2.75, 3.05) is 10.6 Å². The van der Waals surface area contributed by atoms with Crippen LogP contribution in [0.25, 0.3) is 0 Å². The lowest BCUT2D eigenvalue weighted by molar-refractivity contribution is 1.03. The average molecular weight is 386 g/mol. The van der Waals surface area contributed by atoms with E-state index in [2.05, 4.69) is 55.2 Å². The maximum atomic E-state index is 6.04. The third-order valence-corrected chi connectivity index (χ3v) is 4.32. The Morgan fingerprint density at radius 3 is 2.79 bits per heavy atom. The monoisotopic (exact) mass is 385 g/mol. The second kappa shape index (κ2) is 7.49. The molecule has 3 rings (SSSR count). The van der Waals surface area contributed by atoms with E-state index in [4.69, 9.17) is 5.73 Å². The van der Waals surface area contributed by atoms with E-state index in [0.717, 1.165) is 10.0 Å². The van der Waals surface area contributed by atoms with Crippen molar-refractivity contribution < 1.29 is 0 Å². The molecule has 6 heteroatoms. The number of hydrogen-bond donors (Lipinski definition) is 3. The van der Waals surface area contributed by atoms with Gasteiger partial charge in [0.25, 0.3) is 0 Å². The van der Waals surface area contributed by atoms with Crippen LogP contribution in [0.5, 0.6) is 0 Å². The molecule has 5 nitrogen and oxygen atoms in total. The summed E-state index contributed by atoms with van der Waals surface area (Å²) < 4.78 is 0.751. The quantitative estimate of drug-likeness (QED) is 0.627. The fourth-order valence-corrected chi connectivity index (χ4v) is 2.55. The van der Waals surface area contributed by atoms with Crippen LogP contribution in [0.2, 0.25) is 0 Å². The van der Waals surface area contributed by atoms with Gasteiger partial charge in [-0.3, -0.25) is 0 Å². The number of nitrogens with two attached hydrogens (primary N) is 1. The van der Waals surface area contributed by atoms with E-state index in [-0.39, 0.29) is 0 Å². The zero-order chi connectivity index (χ0) is 16.9. The van der Waals surface area contributed by atoms with Crippen molar-refractivity contribution in [1.82, 2.24) is 9.97 Å². The number of nitrogens with zero attached hydrogens (tertiary/aromatic N) is 2. The van der Waals surface area contributed by atoms with Gasteiger partial charge in [-0.15, -0.1) is 0 Å².